The first-order valence-electron chi connectivity index (χ1n) is 10.1. The molecule has 0 spiro atoms. The Morgan fingerprint density at radius 1 is 1.26 bits per heavy atom. The number of hydrogen-bond donors (Lipinski definition) is 2. The summed E-state index contributed by atoms with van der Waals surface area (Å²) in [5.41, 5.74) is 1.16. The number of aliphatic imine (C=N–C) groups is 1. The molecule has 8 heteroatoms. The third kappa shape index (κ3) is 3.62. The molecule has 2 aromatic carbocycles. The molecule has 2 aliphatic rings. The van der Waals surface area contributed by atoms with Gasteiger partial charge in [0.25, 0.3) is 0 Å². The number of hydrogen-bond acceptors (Lipinski definition) is 5. The van der Waals surface area contributed by atoms with Crippen LogP contribution in [0.15, 0.2) is 41.9 Å². The molecule has 4 rings (SSSR count). The molecule has 0 aliphatic carbocycles. The van der Waals surface area contributed by atoms with Crippen LogP contribution in [0.3, 0.4) is 0 Å². The maximum atomic E-state index is 15.7. The molecule has 2 heterocycles. The Balaban J connectivity index is 1.75. The third-order valence-electron chi connectivity index (χ3n) is 5.68. The number of halogens is 2. The number of phenolic OH excluding ortho intramolecular Hbond substituents is 1. The Hall–Kier alpha value is -3.42. The summed E-state index contributed by atoms with van der Waals surface area (Å²) in [5, 5.41) is 13.2. The van der Waals surface area contributed by atoms with Gasteiger partial charge in [-0.25, -0.2) is 13.8 Å². The van der Waals surface area contributed by atoms with Crippen molar-refractivity contribution in [3.05, 3.63) is 59.7 Å². The number of fused-ring (bicyclic) bond motifs is 1. The first kappa shape index (κ1) is 20.8. The minimum absolute atomic E-state index is 0.0247. The maximum Gasteiger partial charge on any atom is 0.246 e. The molecule has 31 heavy (non-hydrogen) atoms. The Kier molecular flexibility index (Phi) is 5.39. The van der Waals surface area contributed by atoms with Gasteiger partial charge in [0.15, 0.2) is 5.82 Å². The van der Waals surface area contributed by atoms with Crippen molar-refractivity contribution in [2.24, 2.45) is 4.99 Å². The molecule has 162 valence electrons. The van der Waals surface area contributed by atoms with Crippen molar-refractivity contribution in [3.8, 4) is 16.9 Å². The summed E-state index contributed by atoms with van der Waals surface area (Å²) in [4.78, 5) is 20.3. The standard InChI is InChI=1S/C23H24F2N4O2/c1-4-18(31)28-8-10-29(11-9-28)23-15-12-13(2)19(20-16(24)6-5-7-17(20)30)21(25)22(15)26-14(3)27-23/h4-7,12,14,26,30H,1,8-11H2,2-3H3. The smallest absolute Gasteiger partial charge is 0.246 e. The van der Waals surface area contributed by atoms with Crippen molar-refractivity contribution in [2.45, 2.75) is 20.0 Å². The van der Waals surface area contributed by atoms with Gasteiger partial charge in [-0.05, 0) is 43.7 Å². The van der Waals surface area contributed by atoms with E-state index < -0.39 is 17.8 Å². The second kappa shape index (κ2) is 8.02. The Labute approximate surface area is 179 Å². The van der Waals surface area contributed by atoms with Gasteiger partial charge in [0, 0.05) is 37.3 Å². The zero-order valence-electron chi connectivity index (χ0n) is 17.5. The third-order valence-corrected chi connectivity index (χ3v) is 5.68. The van der Waals surface area contributed by atoms with Crippen LogP contribution in [0.25, 0.3) is 11.1 Å². The fourth-order valence-corrected chi connectivity index (χ4v) is 4.18. The molecule has 6 nitrogen and oxygen atoms in total. The van der Waals surface area contributed by atoms with E-state index in [4.69, 9.17) is 0 Å². The Bertz CT molecular complexity index is 1070. The number of rotatable bonds is 2. The van der Waals surface area contributed by atoms with E-state index in [1.807, 2.05) is 4.90 Å². The van der Waals surface area contributed by atoms with Crippen LogP contribution >= 0.6 is 0 Å². The summed E-state index contributed by atoms with van der Waals surface area (Å²) in [6, 6.07) is 5.67. The van der Waals surface area contributed by atoms with Crippen LogP contribution in [0.5, 0.6) is 5.75 Å². The zero-order valence-corrected chi connectivity index (χ0v) is 17.5. The van der Waals surface area contributed by atoms with Crippen LogP contribution < -0.4 is 5.32 Å². The molecule has 2 aliphatic heterocycles. The second-order valence-electron chi connectivity index (χ2n) is 7.73. The summed E-state index contributed by atoms with van der Waals surface area (Å²) in [5.74, 6) is -1.12. The topological polar surface area (TPSA) is 68.2 Å². The van der Waals surface area contributed by atoms with Gasteiger partial charge in [-0.15, -0.1) is 0 Å². The molecule has 0 aromatic heterocycles. The van der Waals surface area contributed by atoms with Crippen LogP contribution in [0.4, 0.5) is 14.5 Å². The predicted molar refractivity (Wildman–Crippen MR) is 116 cm³/mol. The van der Waals surface area contributed by atoms with Gasteiger partial charge in [-0.3, -0.25) is 4.79 Å². The van der Waals surface area contributed by atoms with Gasteiger partial charge < -0.3 is 20.2 Å². The molecule has 0 radical (unpaired) electrons. The van der Waals surface area contributed by atoms with Crippen molar-refractivity contribution >= 4 is 17.4 Å². The minimum Gasteiger partial charge on any atom is -0.507 e. The van der Waals surface area contributed by atoms with Gasteiger partial charge in [0.2, 0.25) is 5.91 Å². The van der Waals surface area contributed by atoms with E-state index in [-0.39, 0.29) is 28.5 Å². The Morgan fingerprint density at radius 2 is 1.97 bits per heavy atom. The largest absolute Gasteiger partial charge is 0.507 e. The zero-order chi connectivity index (χ0) is 22.3. The molecule has 2 aromatic rings. The summed E-state index contributed by atoms with van der Waals surface area (Å²) in [6.45, 7) is 9.16. The number of anilines is 1. The van der Waals surface area contributed by atoms with E-state index in [0.29, 0.717) is 43.1 Å². The second-order valence-corrected chi connectivity index (χ2v) is 7.73. The summed E-state index contributed by atoms with van der Waals surface area (Å²) in [6.07, 6.45) is 0.905. The van der Waals surface area contributed by atoms with Gasteiger partial charge in [-0.1, -0.05) is 12.6 Å². The summed E-state index contributed by atoms with van der Waals surface area (Å²) in [7, 11) is 0. The van der Waals surface area contributed by atoms with Crippen LogP contribution in [-0.4, -0.2) is 59.0 Å². The number of nitrogens with zero attached hydrogens (tertiary/aromatic N) is 3. The van der Waals surface area contributed by atoms with Gasteiger partial charge in [0.05, 0.1) is 11.3 Å². The normalized spacial score (nSPS) is 18.2. The quantitative estimate of drug-likeness (QED) is 0.722. The number of aromatic hydroxyl groups is 1. The molecule has 0 saturated carbocycles. The first-order valence-corrected chi connectivity index (χ1v) is 10.1. The average molecular weight is 426 g/mol. The van der Waals surface area contributed by atoms with Crippen molar-refractivity contribution in [1.82, 2.24) is 9.80 Å². The monoisotopic (exact) mass is 426 g/mol. The molecular weight excluding hydrogens is 402 g/mol. The highest BCUT2D eigenvalue weighted by Crippen LogP contribution is 2.41. The van der Waals surface area contributed by atoms with E-state index in [0.717, 1.165) is 0 Å². The number of amidine groups is 1. The maximum absolute atomic E-state index is 15.7. The number of piperazine rings is 1. The lowest BCUT2D eigenvalue weighted by Crippen LogP contribution is -2.51. The number of phenols is 1. The molecule has 2 N–H and O–H groups in total. The van der Waals surface area contributed by atoms with Gasteiger partial charge >= 0.3 is 0 Å². The predicted octanol–water partition coefficient (Wildman–Crippen LogP) is 3.49. The lowest BCUT2D eigenvalue weighted by atomic mass is 9.93. The fourth-order valence-electron chi connectivity index (χ4n) is 4.18. The van der Waals surface area contributed by atoms with Gasteiger partial charge in [0.1, 0.15) is 23.6 Å². The van der Waals surface area contributed by atoms with Crippen molar-refractivity contribution in [1.29, 1.82) is 0 Å². The molecule has 1 fully saturated rings. The number of amides is 1. The molecule has 0 bridgehead atoms. The van der Waals surface area contributed by atoms with Crippen LogP contribution in [-0.2, 0) is 4.79 Å². The lowest BCUT2D eigenvalue weighted by molar-refractivity contribution is -0.127. The summed E-state index contributed by atoms with van der Waals surface area (Å²) < 4.78 is 30.2. The number of nitrogens with one attached hydrogen (secondary N) is 1. The van der Waals surface area contributed by atoms with E-state index in [9.17, 15) is 14.3 Å². The first-order chi connectivity index (χ1) is 14.8. The van der Waals surface area contributed by atoms with Crippen LogP contribution in [0.2, 0.25) is 0 Å². The number of benzene rings is 2. The van der Waals surface area contributed by atoms with Gasteiger partial charge in [-0.2, -0.15) is 0 Å². The van der Waals surface area contributed by atoms with E-state index in [1.54, 1.807) is 24.8 Å². The minimum atomic E-state index is -0.692. The fraction of sp³-hybridized carbons (Fsp3) is 0.304. The highest BCUT2D eigenvalue weighted by Gasteiger charge is 2.31. The molecule has 1 amide bonds. The van der Waals surface area contributed by atoms with Crippen molar-refractivity contribution in [2.75, 3.05) is 31.5 Å². The summed E-state index contributed by atoms with van der Waals surface area (Å²) >= 11 is 0. The molecular formula is C23H24F2N4O2. The van der Waals surface area contributed by atoms with E-state index in [2.05, 4.69) is 16.9 Å². The SMILES string of the molecule is C=CC(=O)N1CCN(C2=NC(C)Nc3c2cc(C)c(-c2c(O)cccc2F)c3F)CC1. The molecule has 1 atom stereocenters. The average Bonchev–Trinajstić information content (AvgIpc) is 2.75. The number of carbonyl (C=O) groups is 1. The molecule has 1 unspecified atom stereocenters. The van der Waals surface area contributed by atoms with Crippen molar-refractivity contribution < 1.29 is 18.7 Å². The van der Waals surface area contributed by atoms with Crippen LogP contribution in [0.1, 0.15) is 18.1 Å². The number of aryl methyl sites for hydroxylation is 1. The lowest BCUT2D eigenvalue weighted by Gasteiger charge is -2.38. The highest BCUT2D eigenvalue weighted by molar-refractivity contribution is 6.06. The van der Waals surface area contributed by atoms with Crippen LogP contribution in [0, 0.1) is 18.6 Å². The number of carbonyl (C=O) groups excluding carboxylic acids is 1. The van der Waals surface area contributed by atoms with Crippen molar-refractivity contribution in [3.63, 3.8) is 0 Å². The highest BCUT2D eigenvalue weighted by atomic mass is 19.1. The van der Waals surface area contributed by atoms with E-state index >= 15 is 4.39 Å². The Morgan fingerprint density at radius 3 is 2.61 bits per heavy atom. The molecule has 1 saturated heterocycles. The van der Waals surface area contributed by atoms with E-state index in [1.165, 1.54) is 24.3 Å².